The molecule has 0 saturated carbocycles. The average molecular weight is 695 g/mol. The number of carbonyl (C=O) groups is 3. The normalized spacial score (nSPS) is 19.7. The maximum absolute atomic E-state index is 14.4. The van der Waals surface area contributed by atoms with Crippen molar-refractivity contribution in [3.63, 3.8) is 0 Å². The number of hydrogen-bond donors (Lipinski definition) is 2. The second kappa shape index (κ2) is 14.6. The van der Waals surface area contributed by atoms with Crippen LogP contribution < -0.4 is 11.1 Å². The van der Waals surface area contributed by atoms with Crippen molar-refractivity contribution in [1.29, 1.82) is 0 Å². The van der Waals surface area contributed by atoms with Crippen molar-refractivity contribution < 1.29 is 14.4 Å². The zero-order valence-electron chi connectivity index (χ0n) is 28.3. The summed E-state index contributed by atoms with van der Waals surface area (Å²) in [6.07, 6.45) is 9.04. The molecule has 4 heterocycles. The number of aromatic nitrogens is 3. The number of benzene rings is 2. The molecule has 2 aromatic carbocycles. The SMILES string of the molecule is Cc1cn(Cc2cccc(NC(=O)C3CN([C@@H]4c5ccc(Cl)cc5CCc5cccnc54)CCN3C(=O)CC3CCN(C(N)=O)CC3)c2)cn1. The number of piperidine rings is 1. The first-order chi connectivity index (χ1) is 24.2. The Kier molecular flexibility index (Phi) is 9.87. The number of hydrogen-bond acceptors (Lipinski definition) is 6. The highest BCUT2D eigenvalue weighted by atomic mass is 35.5. The fourth-order valence-corrected chi connectivity index (χ4v) is 7.97. The third-order valence-electron chi connectivity index (χ3n) is 10.4. The van der Waals surface area contributed by atoms with Crippen molar-refractivity contribution >= 4 is 35.1 Å². The Labute approximate surface area is 297 Å². The number of amides is 4. The third kappa shape index (κ3) is 7.39. The summed E-state index contributed by atoms with van der Waals surface area (Å²) >= 11 is 6.48. The molecule has 2 atom stereocenters. The summed E-state index contributed by atoms with van der Waals surface area (Å²) in [5.74, 6) is -0.149. The van der Waals surface area contributed by atoms with Crippen LogP contribution >= 0.6 is 11.6 Å². The monoisotopic (exact) mass is 694 g/mol. The number of nitrogens with zero attached hydrogens (tertiary/aromatic N) is 6. The summed E-state index contributed by atoms with van der Waals surface area (Å²) in [5.41, 5.74) is 12.6. The first-order valence-electron chi connectivity index (χ1n) is 17.4. The maximum atomic E-state index is 14.4. The van der Waals surface area contributed by atoms with Gasteiger partial charge in [-0.15, -0.1) is 0 Å². The van der Waals surface area contributed by atoms with Crippen molar-refractivity contribution in [2.75, 3.05) is 38.0 Å². The number of carbonyl (C=O) groups excluding carboxylic acids is 3. The van der Waals surface area contributed by atoms with Crippen LogP contribution in [0.25, 0.3) is 0 Å². The molecule has 260 valence electrons. The number of nitrogens with one attached hydrogen (secondary N) is 1. The number of urea groups is 1. The van der Waals surface area contributed by atoms with Crippen LogP contribution in [-0.2, 0) is 29.0 Å². The molecule has 7 rings (SSSR count). The first-order valence-corrected chi connectivity index (χ1v) is 17.8. The molecule has 3 aliphatic rings. The second-order valence-electron chi connectivity index (χ2n) is 13.7. The summed E-state index contributed by atoms with van der Waals surface area (Å²) in [5, 5.41) is 3.85. The summed E-state index contributed by atoms with van der Waals surface area (Å²) in [7, 11) is 0. The number of fused-ring (bicyclic) bond motifs is 2. The fourth-order valence-electron chi connectivity index (χ4n) is 7.78. The lowest BCUT2D eigenvalue weighted by Crippen LogP contribution is -2.60. The molecule has 4 aromatic rings. The summed E-state index contributed by atoms with van der Waals surface area (Å²) < 4.78 is 2.01. The molecule has 0 bridgehead atoms. The molecule has 0 radical (unpaired) electrons. The molecule has 11 nitrogen and oxygen atoms in total. The van der Waals surface area contributed by atoms with E-state index >= 15 is 0 Å². The Morgan fingerprint density at radius 2 is 1.78 bits per heavy atom. The first kappa shape index (κ1) is 33.7. The molecule has 2 aliphatic heterocycles. The number of likely N-dealkylation sites (tertiary alicyclic amines) is 1. The van der Waals surface area contributed by atoms with Crippen LogP contribution in [-0.4, -0.2) is 85.8 Å². The second-order valence-corrected chi connectivity index (χ2v) is 14.2. The predicted octanol–water partition coefficient (Wildman–Crippen LogP) is 4.81. The van der Waals surface area contributed by atoms with Gasteiger partial charge in [-0.25, -0.2) is 9.78 Å². The largest absolute Gasteiger partial charge is 0.351 e. The van der Waals surface area contributed by atoms with E-state index in [1.165, 1.54) is 11.1 Å². The molecule has 4 amide bonds. The Hall–Kier alpha value is -4.74. The quantitative estimate of drug-likeness (QED) is 0.286. The van der Waals surface area contributed by atoms with E-state index in [-0.39, 0.29) is 23.8 Å². The van der Waals surface area contributed by atoms with Gasteiger partial charge >= 0.3 is 6.03 Å². The molecule has 2 saturated heterocycles. The number of rotatable bonds is 7. The Morgan fingerprint density at radius 1 is 0.960 bits per heavy atom. The third-order valence-corrected chi connectivity index (χ3v) is 10.6. The summed E-state index contributed by atoms with van der Waals surface area (Å²) in [6.45, 7) is 4.98. The van der Waals surface area contributed by atoms with Gasteiger partial charge in [0.1, 0.15) is 6.04 Å². The standard InChI is InChI=1S/C38H43ClN8O3/c1-25-21-44(24-42-25)22-27-4-2-6-31(18-27)43-37(49)33-23-46(16-17-47(33)34(48)19-26-11-14-45(15-12-26)38(40)50)36-32-10-9-30(39)20-29(32)8-7-28-5-3-13-41-35(28)36/h2-6,9-10,13,18,20-21,24,26,33,36H,7-8,11-12,14-17,19,22-23H2,1H3,(H2,40,50)(H,43,49)/t33?,36-/m1/s1. The van der Waals surface area contributed by atoms with E-state index in [2.05, 4.69) is 27.3 Å². The highest BCUT2D eigenvalue weighted by Gasteiger charge is 2.41. The van der Waals surface area contributed by atoms with Gasteiger partial charge in [0.2, 0.25) is 11.8 Å². The van der Waals surface area contributed by atoms with Crippen LogP contribution in [0.1, 0.15) is 58.9 Å². The van der Waals surface area contributed by atoms with Crippen LogP contribution in [0.2, 0.25) is 5.02 Å². The van der Waals surface area contributed by atoms with Crippen LogP contribution in [0.15, 0.2) is 73.3 Å². The van der Waals surface area contributed by atoms with Gasteiger partial charge in [-0.05, 0) is 91.1 Å². The molecule has 3 N–H and O–H groups in total. The molecule has 0 spiro atoms. The summed E-state index contributed by atoms with van der Waals surface area (Å²) in [6, 6.07) is 16.6. The van der Waals surface area contributed by atoms with Crippen molar-refractivity contribution in [2.24, 2.45) is 11.7 Å². The van der Waals surface area contributed by atoms with Crippen LogP contribution in [0.3, 0.4) is 0 Å². The number of halogens is 1. The summed E-state index contributed by atoms with van der Waals surface area (Å²) in [4.78, 5) is 55.0. The molecule has 12 heteroatoms. The van der Waals surface area contributed by atoms with Crippen LogP contribution in [0.5, 0.6) is 0 Å². The minimum atomic E-state index is -0.729. The number of imidazole rings is 1. The lowest BCUT2D eigenvalue weighted by Gasteiger charge is -2.44. The Bertz CT molecular complexity index is 1890. The maximum Gasteiger partial charge on any atom is 0.314 e. The number of aryl methyl sites for hydroxylation is 3. The van der Waals surface area contributed by atoms with Crippen molar-refractivity contribution in [2.45, 2.75) is 57.7 Å². The van der Waals surface area contributed by atoms with Gasteiger partial charge < -0.3 is 25.4 Å². The highest BCUT2D eigenvalue weighted by Crippen LogP contribution is 2.38. The van der Waals surface area contributed by atoms with E-state index < -0.39 is 12.1 Å². The van der Waals surface area contributed by atoms with Crippen LogP contribution in [0, 0.1) is 12.8 Å². The van der Waals surface area contributed by atoms with Gasteiger partial charge in [-0.3, -0.25) is 19.5 Å². The molecular formula is C38H43ClN8O3. The lowest BCUT2D eigenvalue weighted by atomic mass is 9.92. The number of piperazine rings is 1. The lowest BCUT2D eigenvalue weighted by molar-refractivity contribution is -0.143. The van der Waals surface area contributed by atoms with Crippen molar-refractivity contribution in [3.05, 3.63) is 112 Å². The van der Waals surface area contributed by atoms with E-state index in [1.807, 2.05) is 66.3 Å². The fraction of sp³-hybridized carbons (Fsp3) is 0.395. The predicted molar refractivity (Wildman–Crippen MR) is 192 cm³/mol. The van der Waals surface area contributed by atoms with Gasteiger partial charge in [0.15, 0.2) is 0 Å². The van der Waals surface area contributed by atoms with Crippen LogP contribution in [0.4, 0.5) is 10.5 Å². The van der Waals surface area contributed by atoms with E-state index in [9.17, 15) is 14.4 Å². The number of nitrogens with two attached hydrogens (primary N) is 1. The van der Waals surface area contributed by atoms with Gasteiger partial charge in [-0.2, -0.15) is 0 Å². The molecule has 50 heavy (non-hydrogen) atoms. The minimum Gasteiger partial charge on any atom is -0.351 e. The highest BCUT2D eigenvalue weighted by molar-refractivity contribution is 6.30. The molecule has 2 aromatic heterocycles. The smallest absolute Gasteiger partial charge is 0.314 e. The van der Waals surface area contributed by atoms with Gasteiger partial charge in [0, 0.05) is 68.8 Å². The van der Waals surface area contributed by atoms with Gasteiger partial charge in [0.25, 0.3) is 0 Å². The molecule has 1 aliphatic carbocycles. The zero-order valence-corrected chi connectivity index (χ0v) is 29.1. The molecule has 1 unspecified atom stereocenters. The van der Waals surface area contributed by atoms with E-state index in [0.717, 1.165) is 35.4 Å². The van der Waals surface area contributed by atoms with E-state index in [4.69, 9.17) is 22.3 Å². The van der Waals surface area contributed by atoms with E-state index in [0.29, 0.717) is 69.2 Å². The number of primary amides is 1. The average Bonchev–Trinajstić information content (AvgIpc) is 3.44. The van der Waals surface area contributed by atoms with Gasteiger partial charge in [-0.1, -0.05) is 35.9 Å². The molecule has 2 fully saturated rings. The van der Waals surface area contributed by atoms with Crippen molar-refractivity contribution in [3.8, 4) is 0 Å². The zero-order chi connectivity index (χ0) is 34.8. The van der Waals surface area contributed by atoms with E-state index in [1.54, 1.807) is 16.1 Å². The molecular weight excluding hydrogens is 652 g/mol. The number of anilines is 1. The Balaban J connectivity index is 1.16. The Morgan fingerprint density at radius 3 is 2.56 bits per heavy atom. The minimum absolute atomic E-state index is 0.0434. The van der Waals surface area contributed by atoms with Gasteiger partial charge in [0.05, 0.1) is 23.8 Å². The number of pyridine rings is 1. The van der Waals surface area contributed by atoms with Crippen molar-refractivity contribution in [1.82, 2.24) is 29.2 Å². The topological polar surface area (TPSA) is 130 Å².